The predicted octanol–water partition coefficient (Wildman–Crippen LogP) is 2.76. The second-order valence-electron chi connectivity index (χ2n) is 5.39. The van der Waals surface area contributed by atoms with Gasteiger partial charge in [-0.1, -0.05) is 17.7 Å². The smallest absolute Gasteiger partial charge is 0.251 e. The van der Waals surface area contributed by atoms with E-state index in [1.54, 1.807) is 24.3 Å². The van der Waals surface area contributed by atoms with Crippen molar-refractivity contribution in [2.24, 2.45) is 0 Å². The van der Waals surface area contributed by atoms with Crippen LogP contribution in [0.5, 0.6) is 0 Å². The van der Waals surface area contributed by atoms with Gasteiger partial charge in [0, 0.05) is 30.0 Å². The first-order valence-electron chi connectivity index (χ1n) is 7.02. The minimum atomic E-state index is -0.370. The quantitative estimate of drug-likeness (QED) is 0.933. The number of amides is 1. The number of hydrogen-bond acceptors (Lipinski definition) is 3. The minimum Gasteiger partial charge on any atom is -0.349 e. The van der Waals surface area contributed by atoms with Gasteiger partial charge in [0.1, 0.15) is 6.10 Å². The second kappa shape index (κ2) is 5.72. The minimum absolute atomic E-state index is 0.0590. The van der Waals surface area contributed by atoms with Crippen LogP contribution in [0.4, 0.5) is 0 Å². The Hall–Kier alpha value is -1.10. The molecule has 1 N–H and O–H groups in total. The maximum Gasteiger partial charge on any atom is 0.251 e. The van der Waals surface area contributed by atoms with Gasteiger partial charge in [0.05, 0.1) is 6.61 Å². The van der Waals surface area contributed by atoms with Gasteiger partial charge in [-0.05, 0) is 31.0 Å². The van der Waals surface area contributed by atoms with Crippen LogP contribution >= 0.6 is 11.6 Å². The van der Waals surface area contributed by atoms with Gasteiger partial charge < -0.3 is 14.8 Å². The van der Waals surface area contributed by atoms with Crippen LogP contribution in [0.2, 0.25) is 5.02 Å². The SMILES string of the molecule is O=C(NC[C@H]1COC2(CCCC2)O1)c1cccc(Cl)c1. The van der Waals surface area contributed by atoms with E-state index in [0.717, 1.165) is 25.7 Å². The molecular formula is C15H18ClNO3. The van der Waals surface area contributed by atoms with Crippen molar-refractivity contribution in [2.45, 2.75) is 37.6 Å². The van der Waals surface area contributed by atoms with Crippen molar-refractivity contribution < 1.29 is 14.3 Å². The molecular weight excluding hydrogens is 278 g/mol. The highest BCUT2D eigenvalue weighted by molar-refractivity contribution is 6.30. The number of benzene rings is 1. The van der Waals surface area contributed by atoms with Crippen molar-refractivity contribution >= 4 is 17.5 Å². The van der Waals surface area contributed by atoms with Gasteiger partial charge in [-0.25, -0.2) is 0 Å². The van der Waals surface area contributed by atoms with E-state index in [4.69, 9.17) is 21.1 Å². The van der Waals surface area contributed by atoms with E-state index in [9.17, 15) is 4.79 Å². The number of rotatable bonds is 3. The van der Waals surface area contributed by atoms with Crippen LogP contribution < -0.4 is 5.32 Å². The van der Waals surface area contributed by atoms with Crippen LogP contribution in [0, 0.1) is 0 Å². The Morgan fingerprint density at radius 3 is 2.95 bits per heavy atom. The summed E-state index contributed by atoms with van der Waals surface area (Å²) in [7, 11) is 0. The number of hydrogen-bond donors (Lipinski definition) is 1. The molecule has 20 heavy (non-hydrogen) atoms. The zero-order valence-corrected chi connectivity index (χ0v) is 12.0. The molecule has 1 aliphatic carbocycles. The van der Waals surface area contributed by atoms with Crippen LogP contribution in [-0.2, 0) is 9.47 Å². The lowest BCUT2D eigenvalue weighted by molar-refractivity contribution is -0.161. The average molecular weight is 296 g/mol. The van der Waals surface area contributed by atoms with E-state index in [0.29, 0.717) is 23.7 Å². The summed E-state index contributed by atoms with van der Waals surface area (Å²) in [5, 5.41) is 3.43. The number of carbonyl (C=O) groups excluding carboxylic acids is 1. The summed E-state index contributed by atoms with van der Waals surface area (Å²) in [6.45, 7) is 1.02. The molecule has 1 amide bonds. The van der Waals surface area contributed by atoms with Gasteiger partial charge in [-0.3, -0.25) is 4.79 Å². The molecule has 0 unspecified atom stereocenters. The molecule has 3 rings (SSSR count). The van der Waals surface area contributed by atoms with E-state index in [-0.39, 0.29) is 17.8 Å². The van der Waals surface area contributed by atoms with E-state index < -0.39 is 0 Å². The number of nitrogens with one attached hydrogen (secondary N) is 1. The van der Waals surface area contributed by atoms with Gasteiger partial charge in [0.2, 0.25) is 0 Å². The summed E-state index contributed by atoms with van der Waals surface area (Å²) >= 11 is 5.87. The molecule has 0 bridgehead atoms. The molecule has 1 aliphatic heterocycles. The maximum absolute atomic E-state index is 12.0. The Kier molecular flexibility index (Phi) is 3.96. The monoisotopic (exact) mass is 295 g/mol. The Labute approximate surface area is 123 Å². The second-order valence-corrected chi connectivity index (χ2v) is 5.83. The van der Waals surface area contributed by atoms with Crippen LogP contribution in [0.3, 0.4) is 0 Å². The highest BCUT2D eigenvalue weighted by Gasteiger charge is 2.43. The summed E-state index contributed by atoms with van der Waals surface area (Å²) in [5.41, 5.74) is 0.562. The van der Waals surface area contributed by atoms with Crippen LogP contribution in [0.25, 0.3) is 0 Å². The fraction of sp³-hybridized carbons (Fsp3) is 0.533. The molecule has 5 heteroatoms. The zero-order valence-electron chi connectivity index (χ0n) is 11.2. The van der Waals surface area contributed by atoms with Crippen molar-refractivity contribution in [3.05, 3.63) is 34.9 Å². The highest BCUT2D eigenvalue weighted by atomic mass is 35.5. The summed E-state index contributed by atoms with van der Waals surface area (Å²) in [6, 6.07) is 6.91. The predicted molar refractivity (Wildman–Crippen MR) is 75.8 cm³/mol. The number of ether oxygens (including phenoxy) is 2. The lowest BCUT2D eigenvalue weighted by Crippen LogP contribution is -2.35. The molecule has 1 aromatic rings. The Balaban J connectivity index is 1.51. The van der Waals surface area contributed by atoms with Gasteiger partial charge in [-0.15, -0.1) is 0 Å². The van der Waals surface area contributed by atoms with Gasteiger partial charge >= 0.3 is 0 Å². The van der Waals surface area contributed by atoms with Crippen molar-refractivity contribution in [2.75, 3.05) is 13.2 Å². The third kappa shape index (κ3) is 2.97. The molecule has 0 radical (unpaired) electrons. The standard InChI is InChI=1S/C15H18ClNO3/c16-12-5-3-4-11(8-12)14(18)17-9-13-10-19-15(20-13)6-1-2-7-15/h3-5,8,13H,1-2,6-7,9-10H2,(H,17,18)/t13-/m0/s1. The molecule has 1 atom stereocenters. The van der Waals surface area contributed by atoms with Crippen molar-refractivity contribution in [1.29, 1.82) is 0 Å². The Morgan fingerprint density at radius 1 is 1.40 bits per heavy atom. The average Bonchev–Trinajstić information content (AvgIpc) is 3.07. The highest BCUT2D eigenvalue weighted by Crippen LogP contribution is 2.38. The molecule has 1 heterocycles. The molecule has 2 fully saturated rings. The summed E-state index contributed by atoms with van der Waals surface area (Å²) in [6.07, 6.45) is 4.18. The van der Waals surface area contributed by atoms with E-state index in [1.807, 2.05) is 0 Å². The number of carbonyl (C=O) groups is 1. The maximum atomic E-state index is 12.0. The molecule has 108 valence electrons. The summed E-state index contributed by atoms with van der Waals surface area (Å²) < 4.78 is 11.7. The van der Waals surface area contributed by atoms with Crippen molar-refractivity contribution in [3.8, 4) is 0 Å². The molecule has 1 aromatic carbocycles. The molecule has 0 aromatic heterocycles. The first-order chi connectivity index (χ1) is 9.67. The van der Waals surface area contributed by atoms with Gasteiger partial charge in [0.15, 0.2) is 5.79 Å². The molecule has 1 saturated heterocycles. The van der Waals surface area contributed by atoms with Crippen LogP contribution in [0.1, 0.15) is 36.0 Å². The Morgan fingerprint density at radius 2 is 2.20 bits per heavy atom. The normalized spacial score (nSPS) is 24.1. The zero-order chi connectivity index (χ0) is 14.0. The summed E-state index contributed by atoms with van der Waals surface area (Å²) in [5.74, 6) is -0.505. The third-order valence-corrected chi connectivity index (χ3v) is 4.09. The third-order valence-electron chi connectivity index (χ3n) is 3.86. The van der Waals surface area contributed by atoms with Crippen molar-refractivity contribution in [1.82, 2.24) is 5.32 Å². The molecule has 4 nitrogen and oxygen atoms in total. The van der Waals surface area contributed by atoms with E-state index >= 15 is 0 Å². The van der Waals surface area contributed by atoms with E-state index in [2.05, 4.69) is 5.32 Å². The van der Waals surface area contributed by atoms with Gasteiger partial charge in [-0.2, -0.15) is 0 Å². The number of halogens is 1. The lowest BCUT2D eigenvalue weighted by atomic mass is 10.2. The molecule has 2 aliphatic rings. The first kappa shape index (κ1) is 13.9. The van der Waals surface area contributed by atoms with E-state index in [1.165, 1.54) is 0 Å². The molecule has 1 spiro atoms. The van der Waals surface area contributed by atoms with Crippen LogP contribution in [0.15, 0.2) is 24.3 Å². The largest absolute Gasteiger partial charge is 0.349 e. The van der Waals surface area contributed by atoms with Crippen LogP contribution in [-0.4, -0.2) is 30.9 Å². The fourth-order valence-corrected chi connectivity index (χ4v) is 3.02. The Bertz CT molecular complexity index is 500. The first-order valence-corrected chi connectivity index (χ1v) is 7.40. The van der Waals surface area contributed by atoms with Crippen molar-refractivity contribution in [3.63, 3.8) is 0 Å². The fourth-order valence-electron chi connectivity index (χ4n) is 2.83. The topological polar surface area (TPSA) is 47.6 Å². The summed E-state index contributed by atoms with van der Waals surface area (Å²) in [4.78, 5) is 12.0. The van der Waals surface area contributed by atoms with Gasteiger partial charge in [0.25, 0.3) is 5.91 Å². The molecule has 1 saturated carbocycles. The lowest BCUT2D eigenvalue weighted by Gasteiger charge is -2.21.